The molecule has 112 valence electrons. The average molecular weight is 352 g/mol. The van der Waals surface area contributed by atoms with Crippen molar-refractivity contribution < 1.29 is 9.13 Å². The SMILES string of the molecule is Cc1cc(CCN)cc(C)c1OCc1ccc(F)cc1Br. The van der Waals surface area contributed by atoms with Gasteiger partial charge in [0.2, 0.25) is 0 Å². The third-order valence-electron chi connectivity index (χ3n) is 3.34. The standard InChI is InChI=1S/C17H19BrFNO/c1-11-7-13(5-6-20)8-12(2)17(11)21-10-14-3-4-15(19)9-16(14)18/h3-4,7-9H,5-6,10,20H2,1-2H3. The maximum atomic E-state index is 13.1. The topological polar surface area (TPSA) is 35.2 Å². The molecule has 21 heavy (non-hydrogen) atoms. The first-order valence-electron chi connectivity index (χ1n) is 6.88. The summed E-state index contributed by atoms with van der Waals surface area (Å²) in [5.74, 6) is 0.621. The molecule has 0 aliphatic heterocycles. The van der Waals surface area contributed by atoms with E-state index in [1.54, 1.807) is 6.07 Å². The maximum Gasteiger partial charge on any atom is 0.125 e. The van der Waals surface area contributed by atoms with Crippen LogP contribution in [0.3, 0.4) is 0 Å². The molecule has 0 aromatic heterocycles. The summed E-state index contributed by atoms with van der Waals surface area (Å²) in [6, 6.07) is 8.83. The van der Waals surface area contributed by atoms with Gasteiger partial charge >= 0.3 is 0 Å². The van der Waals surface area contributed by atoms with E-state index in [-0.39, 0.29) is 5.82 Å². The molecule has 0 heterocycles. The van der Waals surface area contributed by atoms with Crippen molar-refractivity contribution in [2.75, 3.05) is 6.54 Å². The fourth-order valence-corrected chi connectivity index (χ4v) is 2.83. The zero-order valence-corrected chi connectivity index (χ0v) is 13.8. The Labute approximate surface area is 133 Å². The van der Waals surface area contributed by atoms with Crippen LogP contribution in [0.2, 0.25) is 0 Å². The van der Waals surface area contributed by atoms with Gasteiger partial charge in [-0.2, -0.15) is 0 Å². The predicted octanol–water partition coefficient (Wildman–Crippen LogP) is 4.29. The lowest BCUT2D eigenvalue weighted by Crippen LogP contribution is -2.05. The summed E-state index contributed by atoms with van der Waals surface area (Å²) in [6.07, 6.45) is 0.867. The number of rotatable bonds is 5. The van der Waals surface area contributed by atoms with E-state index >= 15 is 0 Å². The lowest BCUT2D eigenvalue weighted by atomic mass is 10.0. The van der Waals surface area contributed by atoms with Crippen LogP contribution in [0.15, 0.2) is 34.8 Å². The van der Waals surface area contributed by atoms with Crippen LogP contribution in [0.25, 0.3) is 0 Å². The van der Waals surface area contributed by atoms with E-state index < -0.39 is 0 Å². The minimum atomic E-state index is -0.260. The molecule has 0 unspecified atom stereocenters. The number of aryl methyl sites for hydroxylation is 2. The molecule has 2 rings (SSSR count). The molecular formula is C17H19BrFNO. The Morgan fingerprint density at radius 2 is 1.81 bits per heavy atom. The minimum Gasteiger partial charge on any atom is -0.488 e. The summed E-state index contributed by atoms with van der Waals surface area (Å²) in [5, 5.41) is 0. The highest BCUT2D eigenvalue weighted by Gasteiger charge is 2.08. The molecule has 4 heteroatoms. The molecule has 0 aliphatic carbocycles. The van der Waals surface area contributed by atoms with Crippen molar-refractivity contribution in [3.63, 3.8) is 0 Å². The maximum absolute atomic E-state index is 13.1. The second-order valence-corrected chi connectivity index (χ2v) is 5.98. The van der Waals surface area contributed by atoms with Gasteiger partial charge in [-0.3, -0.25) is 0 Å². The summed E-state index contributed by atoms with van der Waals surface area (Å²) < 4.78 is 19.7. The van der Waals surface area contributed by atoms with Gasteiger partial charge in [0.05, 0.1) is 0 Å². The highest BCUT2D eigenvalue weighted by atomic mass is 79.9. The lowest BCUT2D eigenvalue weighted by Gasteiger charge is -2.14. The fraction of sp³-hybridized carbons (Fsp3) is 0.294. The van der Waals surface area contributed by atoms with Crippen LogP contribution >= 0.6 is 15.9 Å². The van der Waals surface area contributed by atoms with Crippen molar-refractivity contribution in [2.24, 2.45) is 5.73 Å². The highest BCUT2D eigenvalue weighted by Crippen LogP contribution is 2.27. The molecule has 0 aliphatic rings. The zero-order valence-electron chi connectivity index (χ0n) is 12.2. The van der Waals surface area contributed by atoms with Crippen LogP contribution in [-0.4, -0.2) is 6.54 Å². The first-order valence-corrected chi connectivity index (χ1v) is 7.67. The molecule has 0 saturated heterocycles. The Morgan fingerprint density at radius 3 is 2.38 bits per heavy atom. The molecule has 2 aromatic rings. The van der Waals surface area contributed by atoms with Crippen LogP contribution in [0, 0.1) is 19.7 Å². The highest BCUT2D eigenvalue weighted by molar-refractivity contribution is 9.10. The zero-order chi connectivity index (χ0) is 15.4. The normalized spacial score (nSPS) is 10.7. The Bertz CT molecular complexity index is 620. The number of hydrogen-bond acceptors (Lipinski definition) is 2. The van der Waals surface area contributed by atoms with Gasteiger partial charge in [0.15, 0.2) is 0 Å². The number of hydrogen-bond donors (Lipinski definition) is 1. The van der Waals surface area contributed by atoms with Crippen molar-refractivity contribution in [1.82, 2.24) is 0 Å². The molecule has 0 atom stereocenters. The van der Waals surface area contributed by atoms with Gasteiger partial charge in [0.25, 0.3) is 0 Å². The molecule has 0 saturated carbocycles. The van der Waals surface area contributed by atoms with Crippen LogP contribution < -0.4 is 10.5 Å². The van der Waals surface area contributed by atoms with E-state index in [9.17, 15) is 4.39 Å². The third-order valence-corrected chi connectivity index (χ3v) is 4.08. The van der Waals surface area contributed by atoms with Crippen molar-refractivity contribution in [1.29, 1.82) is 0 Å². The first-order chi connectivity index (χ1) is 10.0. The molecule has 0 fully saturated rings. The summed E-state index contributed by atoms with van der Waals surface area (Å²) in [6.45, 7) is 5.10. The fourth-order valence-electron chi connectivity index (χ4n) is 2.37. The first kappa shape index (κ1) is 16.0. The minimum absolute atomic E-state index is 0.260. The van der Waals surface area contributed by atoms with Crippen molar-refractivity contribution >= 4 is 15.9 Å². The van der Waals surface area contributed by atoms with Gasteiger partial charge in [0.1, 0.15) is 18.2 Å². The number of ether oxygens (including phenoxy) is 1. The Balaban J connectivity index is 2.16. The molecular weight excluding hydrogens is 333 g/mol. The summed E-state index contributed by atoms with van der Waals surface area (Å²) in [4.78, 5) is 0. The van der Waals surface area contributed by atoms with Gasteiger partial charge in [-0.25, -0.2) is 4.39 Å². The molecule has 0 bridgehead atoms. The van der Waals surface area contributed by atoms with Crippen LogP contribution in [-0.2, 0) is 13.0 Å². The second kappa shape index (κ2) is 7.05. The van der Waals surface area contributed by atoms with E-state index in [2.05, 4.69) is 28.1 Å². The summed E-state index contributed by atoms with van der Waals surface area (Å²) in [7, 11) is 0. The monoisotopic (exact) mass is 351 g/mol. The van der Waals surface area contributed by atoms with Crippen molar-refractivity contribution in [3.8, 4) is 5.75 Å². The smallest absolute Gasteiger partial charge is 0.125 e. The van der Waals surface area contributed by atoms with Crippen LogP contribution in [0.1, 0.15) is 22.3 Å². The quantitative estimate of drug-likeness (QED) is 0.872. The second-order valence-electron chi connectivity index (χ2n) is 5.12. The Hall–Kier alpha value is -1.39. The molecule has 0 amide bonds. The molecule has 2 nitrogen and oxygen atoms in total. The van der Waals surface area contributed by atoms with E-state index in [1.165, 1.54) is 17.7 Å². The van der Waals surface area contributed by atoms with Gasteiger partial charge in [-0.05, 0) is 55.6 Å². The average Bonchev–Trinajstić information content (AvgIpc) is 2.40. The number of benzene rings is 2. The number of nitrogens with two attached hydrogens (primary N) is 1. The van der Waals surface area contributed by atoms with Gasteiger partial charge in [-0.15, -0.1) is 0 Å². The van der Waals surface area contributed by atoms with Gasteiger partial charge < -0.3 is 10.5 Å². The van der Waals surface area contributed by atoms with Crippen LogP contribution in [0.4, 0.5) is 4.39 Å². The van der Waals surface area contributed by atoms with E-state index in [0.29, 0.717) is 13.2 Å². The summed E-state index contributed by atoms with van der Waals surface area (Å²) in [5.41, 5.74) is 9.93. The molecule has 0 spiro atoms. The number of halogens is 2. The lowest BCUT2D eigenvalue weighted by molar-refractivity contribution is 0.301. The largest absolute Gasteiger partial charge is 0.488 e. The molecule has 0 radical (unpaired) electrons. The Morgan fingerprint density at radius 1 is 1.14 bits per heavy atom. The van der Waals surface area contributed by atoms with E-state index in [4.69, 9.17) is 10.5 Å². The van der Waals surface area contributed by atoms with Crippen molar-refractivity contribution in [3.05, 3.63) is 62.9 Å². The Kier molecular flexibility index (Phi) is 5.37. The summed E-state index contributed by atoms with van der Waals surface area (Å²) >= 11 is 3.36. The van der Waals surface area contributed by atoms with E-state index in [1.807, 2.05) is 13.8 Å². The predicted molar refractivity (Wildman–Crippen MR) is 87.1 cm³/mol. The molecule has 2 aromatic carbocycles. The van der Waals surface area contributed by atoms with Crippen molar-refractivity contribution in [2.45, 2.75) is 26.9 Å². The third kappa shape index (κ3) is 4.05. The van der Waals surface area contributed by atoms with E-state index in [0.717, 1.165) is 33.3 Å². The molecule has 2 N–H and O–H groups in total. The van der Waals surface area contributed by atoms with Gasteiger partial charge in [-0.1, -0.05) is 34.1 Å². The van der Waals surface area contributed by atoms with Crippen LogP contribution in [0.5, 0.6) is 5.75 Å². The van der Waals surface area contributed by atoms with Gasteiger partial charge in [0, 0.05) is 10.0 Å².